The summed E-state index contributed by atoms with van der Waals surface area (Å²) in [5, 5.41) is 153. The third-order valence-corrected chi connectivity index (χ3v) is 21.5. The SMILES string of the molecule is C=CC(C)(O)CCC=C(C)C(=O)OC1C(OCC2OC(OC3CCC4(C)C(CCC5(C)C4CCC4C(C(C)(O)CCC(O)C(C)(C)O)CCC45C)C3(C)CO)C(O)C(O)C2O)OC(CO)C(O)C1OC1OC(CO)C(O)C(O)C1O. The van der Waals surface area contributed by atoms with Crippen LogP contribution in [0.15, 0.2) is 24.3 Å². The summed E-state index contributed by atoms with van der Waals surface area (Å²) in [6, 6.07) is 0. The lowest BCUT2D eigenvalue weighted by Crippen LogP contribution is -2.67. The van der Waals surface area contributed by atoms with Gasteiger partial charge in [-0.2, -0.15) is 0 Å². The van der Waals surface area contributed by atoms with Crippen molar-refractivity contribution in [2.45, 2.75) is 260 Å². The topological polar surface area (TPSA) is 365 Å². The van der Waals surface area contributed by atoms with Crippen LogP contribution in [-0.4, -0.2) is 225 Å². The van der Waals surface area contributed by atoms with Gasteiger partial charge in [-0.3, -0.25) is 0 Å². The number of aliphatic hydroxyl groups excluding tert-OH is 11. The molecular weight excluding hydrogens is 1050 g/mol. The highest BCUT2D eigenvalue weighted by molar-refractivity contribution is 5.87. The van der Waals surface area contributed by atoms with Crippen molar-refractivity contribution in [3.05, 3.63) is 24.3 Å². The Hall–Kier alpha value is -1.85. The zero-order chi connectivity index (χ0) is 59.5. The maximum Gasteiger partial charge on any atom is 0.333 e. The van der Waals surface area contributed by atoms with Gasteiger partial charge in [-0.05, 0) is 152 Å². The van der Waals surface area contributed by atoms with Gasteiger partial charge in [0.1, 0.15) is 67.1 Å². The molecule has 22 nitrogen and oxygen atoms in total. The summed E-state index contributed by atoms with van der Waals surface area (Å²) in [5.41, 5.74) is -4.87. The van der Waals surface area contributed by atoms with Crippen molar-refractivity contribution in [1.29, 1.82) is 0 Å². The van der Waals surface area contributed by atoms with Crippen molar-refractivity contribution in [1.82, 2.24) is 0 Å². The highest BCUT2D eigenvalue weighted by Gasteiger charge is 2.70. The second-order valence-electron chi connectivity index (χ2n) is 26.9. The normalized spacial score (nSPS) is 47.2. The van der Waals surface area contributed by atoms with E-state index in [4.69, 9.17) is 33.2 Å². The molecule has 3 saturated heterocycles. The molecule has 80 heavy (non-hydrogen) atoms. The van der Waals surface area contributed by atoms with E-state index in [0.717, 1.165) is 38.5 Å². The van der Waals surface area contributed by atoms with Crippen LogP contribution in [-0.2, 0) is 38.0 Å². The number of ether oxygens (including phenoxy) is 7. The van der Waals surface area contributed by atoms with Crippen LogP contribution in [0.25, 0.3) is 0 Å². The van der Waals surface area contributed by atoms with Gasteiger partial charge in [0.25, 0.3) is 0 Å². The molecule has 0 spiro atoms. The standard InChI is InChI=1S/C58H98O22/c1-11-53(5,72)20-12-13-29(2)48(70)79-47-46(80-50-45(69)42(66)39(63)32(25-59)75-50)41(65)33(26-60)76-51(47)74-27-34-40(64)43(67)44(68)49(77-34)78-38-19-21-54(6)35(55(38,7)28-61)17-23-57(9)36(54)15-14-30-31(16-22-56(30,57)8)58(10,73)24-18-37(62)52(3,4)71/h11,13,30-47,49-51,59-69,71-73H,1,12,14-28H2,2-10H3. The van der Waals surface area contributed by atoms with Gasteiger partial charge in [0.15, 0.2) is 25.0 Å². The fraction of sp³-hybridized carbons (Fsp3) is 0.914. The van der Waals surface area contributed by atoms with Gasteiger partial charge in [0.2, 0.25) is 0 Å². The molecule has 7 rings (SSSR count). The number of carbonyl (C=O) groups excluding carboxylic acids is 1. The van der Waals surface area contributed by atoms with Crippen LogP contribution in [0.2, 0.25) is 0 Å². The molecule has 0 radical (unpaired) electrons. The lowest BCUT2D eigenvalue weighted by molar-refractivity contribution is -0.368. The van der Waals surface area contributed by atoms with Gasteiger partial charge in [0.05, 0.1) is 55.4 Å². The van der Waals surface area contributed by atoms with Crippen LogP contribution >= 0.6 is 0 Å². The van der Waals surface area contributed by atoms with Crippen LogP contribution in [0, 0.1) is 45.3 Å². The maximum atomic E-state index is 13.8. The highest BCUT2D eigenvalue weighted by atomic mass is 16.8. The Balaban J connectivity index is 1.08. The molecule has 462 valence electrons. The minimum Gasteiger partial charge on any atom is -0.451 e. The van der Waals surface area contributed by atoms with Crippen molar-refractivity contribution < 1.29 is 109 Å². The molecule has 27 atom stereocenters. The molecule has 3 heterocycles. The summed E-state index contributed by atoms with van der Waals surface area (Å²) in [5.74, 6) is -0.511. The summed E-state index contributed by atoms with van der Waals surface area (Å²) < 4.78 is 42.4. The van der Waals surface area contributed by atoms with E-state index in [1.807, 2.05) is 13.8 Å². The van der Waals surface area contributed by atoms with Crippen molar-refractivity contribution in [2.24, 2.45) is 45.3 Å². The predicted octanol–water partition coefficient (Wildman–Crippen LogP) is 0.355. The van der Waals surface area contributed by atoms with E-state index in [0.29, 0.717) is 19.3 Å². The van der Waals surface area contributed by atoms with Gasteiger partial charge >= 0.3 is 5.97 Å². The first-order valence-electron chi connectivity index (χ1n) is 29.0. The Morgan fingerprint density at radius 3 is 1.85 bits per heavy atom. The number of allylic oxidation sites excluding steroid dienone is 1. The molecule has 0 aromatic carbocycles. The first-order valence-corrected chi connectivity index (χ1v) is 29.0. The quantitative estimate of drug-likeness (QED) is 0.0319. The molecule has 27 unspecified atom stereocenters. The first kappa shape index (κ1) is 65.7. The molecule has 0 bridgehead atoms. The molecule has 22 heteroatoms. The Morgan fingerprint density at radius 1 is 0.675 bits per heavy atom. The Bertz CT molecular complexity index is 2120. The maximum absolute atomic E-state index is 13.8. The third kappa shape index (κ3) is 12.4. The largest absolute Gasteiger partial charge is 0.451 e. The predicted molar refractivity (Wildman–Crippen MR) is 284 cm³/mol. The van der Waals surface area contributed by atoms with Crippen LogP contribution < -0.4 is 0 Å². The van der Waals surface area contributed by atoms with Gasteiger partial charge in [-0.1, -0.05) is 39.8 Å². The van der Waals surface area contributed by atoms with Gasteiger partial charge in [-0.15, -0.1) is 6.58 Å². The fourth-order valence-corrected chi connectivity index (χ4v) is 16.0. The van der Waals surface area contributed by atoms with Crippen LogP contribution in [0.3, 0.4) is 0 Å². The molecule has 7 aliphatic rings. The molecule has 4 aliphatic carbocycles. The van der Waals surface area contributed by atoms with Crippen LogP contribution in [0.1, 0.15) is 139 Å². The molecular formula is C58H98O22. The second-order valence-corrected chi connectivity index (χ2v) is 26.9. The van der Waals surface area contributed by atoms with E-state index in [9.17, 15) is 76.3 Å². The molecule has 0 aromatic heterocycles. The number of carbonyl (C=O) groups is 1. The van der Waals surface area contributed by atoms with Crippen molar-refractivity contribution in [2.75, 3.05) is 26.4 Å². The van der Waals surface area contributed by atoms with E-state index in [1.165, 1.54) is 26.0 Å². The molecule has 14 N–H and O–H groups in total. The van der Waals surface area contributed by atoms with Gasteiger partial charge in [-0.25, -0.2) is 4.79 Å². The first-order chi connectivity index (χ1) is 37.2. The Morgan fingerprint density at radius 2 is 1.25 bits per heavy atom. The van der Waals surface area contributed by atoms with E-state index < -0.39 is 152 Å². The van der Waals surface area contributed by atoms with Crippen molar-refractivity contribution >= 4 is 5.97 Å². The average Bonchev–Trinajstić information content (AvgIpc) is 3.85. The molecule has 0 amide bonds. The smallest absolute Gasteiger partial charge is 0.333 e. The van der Waals surface area contributed by atoms with Crippen molar-refractivity contribution in [3.8, 4) is 0 Å². The summed E-state index contributed by atoms with van der Waals surface area (Å²) >= 11 is 0. The number of rotatable bonds is 21. The minimum absolute atomic E-state index is 0.0209. The zero-order valence-electron chi connectivity index (χ0n) is 48.3. The summed E-state index contributed by atoms with van der Waals surface area (Å²) in [7, 11) is 0. The Labute approximate surface area is 470 Å². The Kier molecular flexibility index (Phi) is 20.4. The minimum atomic E-state index is -1.97. The number of hydrogen-bond donors (Lipinski definition) is 14. The van der Waals surface area contributed by atoms with E-state index in [2.05, 4.69) is 27.4 Å². The third-order valence-electron chi connectivity index (χ3n) is 21.5. The van der Waals surface area contributed by atoms with Gasteiger partial charge in [0, 0.05) is 11.0 Å². The van der Waals surface area contributed by atoms with Crippen LogP contribution in [0.5, 0.6) is 0 Å². The highest BCUT2D eigenvalue weighted by Crippen LogP contribution is 2.76. The molecule has 4 saturated carbocycles. The van der Waals surface area contributed by atoms with E-state index in [1.54, 1.807) is 13.8 Å². The van der Waals surface area contributed by atoms with Crippen molar-refractivity contribution in [3.63, 3.8) is 0 Å². The summed E-state index contributed by atoms with van der Waals surface area (Å²) in [4.78, 5) is 13.8. The van der Waals surface area contributed by atoms with E-state index >= 15 is 0 Å². The summed E-state index contributed by atoms with van der Waals surface area (Å²) in [6.07, 6.45) is -17.6. The number of hydrogen-bond acceptors (Lipinski definition) is 22. The average molecular weight is 1150 g/mol. The molecule has 0 aromatic rings. The fourth-order valence-electron chi connectivity index (χ4n) is 16.0. The van der Waals surface area contributed by atoms with Crippen LogP contribution in [0.4, 0.5) is 0 Å². The monoisotopic (exact) mass is 1150 g/mol. The lowest BCUT2D eigenvalue weighted by Gasteiger charge is -2.70. The zero-order valence-corrected chi connectivity index (χ0v) is 48.3. The molecule has 7 fully saturated rings. The molecule has 3 aliphatic heterocycles. The number of esters is 1. The second kappa shape index (κ2) is 24.9. The number of aliphatic hydroxyl groups is 14. The summed E-state index contributed by atoms with van der Waals surface area (Å²) in [6.45, 7) is 18.1. The number of fused-ring (bicyclic) bond motifs is 5. The van der Waals surface area contributed by atoms with E-state index in [-0.39, 0.29) is 71.4 Å². The lowest BCUT2D eigenvalue weighted by atomic mass is 9.35. The van der Waals surface area contributed by atoms with Gasteiger partial charge < -0.3 is 105 Å².